The quantitative estimate of drug-likeness (QED) is 0.800. The predicted molar refractivity (Wildman–Crippen MR) is 85.5 cm³/mol. The van der Waals surface area contributed by atoms with Crippen LogP contribution in [0.3, 0.4) is 0 Å². The van der Waals surface area contributed by atoms with Crippen molar-refractivity contribution < 1.29 is 9.90 Å². The normalized spacial score (nSPS) is 15.4. The molecule has 1 rings (SSSR count). The third-order valence-corrected chi connectivity index (χ3v) is 3.80. The molecule has 0 aromatic heterocycles. The van der Waals surface area contributed by atoms with Crippen LogP contribution in [0.5, 0.6) is 0 Å². The lowest BCUT2D eigenvalue weighted by Gasteiger charge is -2.17. The lowest BCUT2D eigenvalue weighted by Crippen LogP contribution is -2.34. The summed E-state index contributed by atoms with van der Waals surface area (Å²) in [6.07, 6.45) is 1.13. The highest BCUT2D eigenvalue weighted by molar-refractivity contribution is 9.10. The fourth-order valence-electron chi connectivity index (χ4n) is 2.18. The van der Waals surface area contributed by atoms with Gasteiger partial charge >= 0.3 is 0 Å². The lowest BCUT2D eigenvalue weighted by molar-refractivity contribution is -0.124. The van der Waals surface area contributed by atoms with Crippen molar-refractivity contribution in [3.8, 4) is 0 Å². The molecule has 20 heavy (non-hydrogen) atoms. The molecule has 0 heterocycles. The Kier molecular flexibility index (Phi) is 7.24. The zero-order valence-electron chi connectivity index (χ0n) is 12.4. The summed E-state index contributed by atoms with van der Waals surface area (Å²) in [5.74, 6) is 0.319. The molecule has 3 atom stereocenters. The first-order valence-corrected chi connectivity index (χ1v) is 7.88. The molecule has 0 radical (unpaired) electrons. The summed E-state index contributed by atoms with van der Waals surface area (Å²) in [7, 11) is 0. The Balaban J connectivity index is 2.37. The average Bonchev–Trinajstić information content (AvgIpc) is 2.37. The molecular weight excluding hydrogens is 318 g/mol. The minimum atomic E-state index is -0.318. The molecular formula is C16H24BrNO2. The Bertz CT molecular complexity index is 417. The van der Waals surface area contributed by atoms with E-state index in [1.54, 1.807) is 6.92 Å². The van der Waals surface area contributed by atoms with Gasteiger partial charge in [-0.15, -0.1) is 0 Å². The lowest BCUT2D eigenvalue weighted by atomic mass is 9.99. The van der Waals surface area contributed by atoms with Crippen molar-refractivity contribution in [1.29, 1.82) is 0 Å². The Morgan fingerprint density at radius 3 is 2.40 bits per heavy atom. The van der Waals surface area contributed by atoms with Crippen LogP contribution in [0.2, 0.25) is 0 Å². The van der Waals surface area contributed by atoms with E-state index in [0.717, 1.165) is 16.5 Å². The van der Waals surface area contributed by atoms with Crippen molar-refractivity contribution in [2.75, 3.05) is 6.54 Å². The van der Waals surface area contributed by atoms with Crippen molar-refractivity contribution in [3.05, 3.63) is 34.3 Å². The third kappa shape index (κ3) is 6.53. The molecule has 2 N–H and O–H groups in total. The Labute approximate surface area is 129 Å². The molecule has 0 aliphatic rings. The molecule has 1 aromatic rings. The first kappa shape index (κ1) is 17.2. The highest BCUT2D eigenvalue weighted by atomic mass is 79.9. The van der Waals surface area contributed by atoms with Gasteiger partial charge in [0.05, 0.1) is 6.10 Å². The maximum Gasteiger partial charge on any atom is 0.223 e. The van der Waals surface area contributed by atoms with Gasteiger partial charge < -0.3 is 10.4 Å². The number of nitrogens with one attached hydrogen (secondary N) is 1. The molecule has 3 nitrogen and oxygen atoms in total. The van der Waals surface area contributed by atoms with E-state index >= 15 is 0 Å². The summed E-state index contributed by atoms with van der Waals surface area (Å²) in [6.45, 7) is 6.37. The van der Waals surface area contributed by atoms with Crippen molar-refractivity contribution in [3.63, 3.8) is 0 Å². The van der Waals surface area contributed by atoms with E-state index in [9.17, 15) is 9.90 Å². The molecule has 1 aromatic carbocycles. The van der Waals surface area contributed by atoms with Crippen LogP contribution in [0.1, 0.15) is 32.8 Å². The summed E-state index contributed by atoms with van der Waals surface area (Å²) in [6, 6.07) is 8.04. The van der Waals surface area contributed by atoms with Crippen LogP contribution in [0.25, 0.3) is 0 Å². The molecule has 0 fully saturated rings. The monoisotopic (exact) mass is 341 g/mol. The fourth-order valence-corrected chi connectivity index (χ4v) is 2.45. The minimum absolute atomic E-state index is 0.0464. The van der Waals surface area contributed by atoms with Crippen LogP contribution in [0, 0.1) is 11.8 Å². The summed E-state index contributed by atoms with van der Waals surface area (Å²) >= 11 is 3.40. The largest absolute Gasteiger partial charge is 0.393 e. The van der Waals surface area contributed by atoms with Gasteiger partial charge in [0.15, 0.2) is 0 Å². The average molecular weight is 342 g/mol. The Hall–Kier alpha value is -0.870. The van der Waals surface area contributed by atoms with Crippen molar-refractivity contribution in [1.82, 2.24) is 5.32 Å². The molecule has 0 saturated carbocycles. The molecule has 0 spiro atoms. The number of carbonyl (C=O) groups is 1. The van der Waals surface area contributed by atoms with Gasteiger partial charge in [-0.3, -0.25) is 4.79 Å². The van der Waals surface area contributed by atoms with Crippen molar-refractivity contribution >= 4 is 21.8 Å². The zero-order valence-corrected chi connectivity index (χ0v) is 14.0. The highest BCUT2D eigenvalue weighted by Gasteiger charge is 2.15. The predicted octanol–water partition coefficient (Wildman–Crippen LogP) is 3.15. The summed E-state index contributed by atoms with van der Waals surface area (Å²) in [4.78, 5) is 12.0. The van der Waals surface area contributed by atoms with E-state index in [-0.39, 0.29) is 17.9 Å². The van der Waals surface area contributed by atoms with Crippen LogP contribution in [-0.2, 0) is 11.2 Å². The van der Waals surface area contributed by atoms with Gasteiger partial charge in [0.25, 0.3) is 0 Å². The second kappa shape index (κ2) is 8.42. The number of aliphatic hydroxyl groups is 1. The minimum Gasteiger partial charge on any atom is -0.393 e. The summed E-state index contributed by atoms with van der Waals surface area (Å²) in [5.41, 5.74) is 1.16. The summed E-state index contributed by atoms with van der Waals surface area (Å²) in [5, 5.41) is 12.3. The summed E-state index contributed by atoms with van der Waals surface area (Å²) < 4.78 is 1.05. The molecule has 0 aliphatic carbocycles. The molecule has 0 aliphatic heterocycles. The fraction of sp³-hybridized carbons (Fsp3) is 0.562. The van der Waals surface area contributed by atoms with E-state index in [1.165, 1.54) is 0 Å². The van der Waals surface area contributed by atoms with Gasteiger partial charge in [-0.1, -0.05) is 41.9 Å². The van der Waals surface area contributed by atoms with E-state index in [1.807, 2.05) is 38.1 Å². The number of benzene rings is 1. The van der Waals surface area contributed by atoms with E-state index in [0.29, 0.717) is 18.9 Å². The number of hydrogen-bond acceptors (Lipinski definition) is 2. The number of hydrogen-bond donors (Lipinski definition) is 2. The van der Waals surface area contributed by atoms with Gasteiger partial charge in [-0.25, -0.2) is 0 Å². The second-order valence-corrected chi connectivity index (χ2v) is 6.58. The number of amides is 1. The maximum absolute atomic E-state index is 12.0. The van der Waals surface area contributed by atoms with Crippen LogP contribution in [0.15, 0.2) is 28.7 Å². The first-order valence-electron chi connectivity index (χ1n) is 7.08. The van der Waals surface area contributed by atoms with Gasteiger partial charge in [0, 0.05) is 16.9 Å². The molecule has 1 amide bonds. The number of halogens is 1. The van der Waals surface area contributed by atoms with Crippen LogP contribution in [-0.4, -0.2) is 23.7 Å². The van der Waals surface area contributed by atoms with Crippen LogP contribution in [0.4, 0.5) is 0 Å². The standard InChI is InChI=1S/C16H24BrNO2/c1-11(8-13(3)19)10-18-16(20)12(2)9-14-4-6-15(17)7-5-14/h4-7,11-13,19H,8-10H2,1-3H3,(H,18,20). The van der Waals surface area contributed by atoms with Crippen molar-refractivity contribution in [2.45, 2.75) is 39.7 Å². The Morgan fingerprint density at radius 2 is 1.85 bits per heavy atom. The van der Waals surface area contributed by atoms with E-state index in [2.05, 4.69) is 21.2 Å². The molecule has 0 bridgehead atoms. The third-order valence-electron chi connectivity index (χ3n) is 3.27. The van der Waals surface area contributed by atoms with Crippen LogP contribution >= 0.6 is 15.9 Å². The van der Waals surface area contributed by atoms with Gasteiger partial charge in [-0.05, 0) is 43.4 Å². The van der Waals surface area contributed by atoms with Crippen molar-refractivity contribution in [2.24, 2.45) is 11.8 Å². The number of aliphatic hydroxyl groups excluding tert-OH is 1. The number of rotatable bonds is 7. The zero-order chi connectivity index (χ0) is 15.1. The van der Waals surface area contributed by atoms with Crippen LogP contribution < -0.4 is 5.32 Å². The van der Waals surface area contributed by atoms with Gasteiger partial charge in [0.2, 0.25) is 5.91 Å². The van der Waals surface area contributed by atoms with E-state index < -0.39 is 0 Å². The highest BCUT2D eigenvalue weighted by Crippen LogP contribution is 2.14. The smallest absolute Gasteiger partial charge is 0.223 e. The Morgan fingerprint density at radius 1 is 1.25 bits per heavy atom. The number of carbonyl (C=O) groups excluding carboxylic acids is 1. The molecule has 0 saturated heterocycles. The van der Waals surface area contributed by atoms with Gasteiger partial charge in [-0.2, -0.15) is 0 Å². The molecule has 4 heteroatoms. The van der Waals surface area contributed by atoms with E-state index in [4.69, 9.17) is 0 Å². The maximum atomic E-state index is 12.0. The van der Waals surface area contributed by atoms with Gasteiger partial charge in [0.1, 0.15) is 0 Å². The SMILES string of the molecule is CC(O)CC(C)CNC(=O)C(C)Cc1ccc(Br)cc1. The second-order valence-electron chi connectivity index (χ2n) is 5.67. The topological polar surface area (TPSA) is 49.3 Å². The molecule has 112 valence electrons. The first-order chi connectivity index (χ1) is 9.38. The molecule has 3 unspecified atom stereocenters.